The molecule has 1 fully saturated rings. The number of aryl methyl sites for hydroxylation is 3. The molecule has 0 amide bonds. The van der Waals surface area contributed by atoms with Gasteiger partial charge in [0.05, 0.1) is 33.4 Å². The normalized spacial score (nSPS) is 17.0. The molecule has 2 aliphatic rings. The number of carbonyl (C=O) groups is 1. The maximum Gasteiger partial charge on any atom is 0.306 e. The van der Waals surface area contributed by atoms with Crippen molar-refractivity contribution in [3.63, 3.8) is 0 Å². The molecule has 5 rings (SSSR count). The van der Waals surface area contributed by atoms with Gasteiger partial charge in [-0.15, -0.1) is 0 Å². The van der Waals surface area contributed by atoms with Crippen molar-refractivity contribution in [2.45, 2.75) is 39.0 Å². The highest BCUT2D eigenvalue weighted by molar-refractivity contribution is 5.72. The van der Waals surface area contributed by atoms with Crippen molar-refractivity contribution in [1.82, 2.24) is 4.98 Å². The maximum atomic E-state index is 11.7. The molecule has 6 heteroatoms. The van der Waals surface area contributed by atoms with Gasteiger partial charge in [0.1, 0.15) is 11.6 Å². The summed E-state index contributed by atoms with van der Waals surface area (Å²) in [5.41, 5.74) is 8.70. The molecule has 6 nitrogen and oxygen atoms in total. The number of methoxy groups -OCH3 is 1. The Morgan fingerprint density at radius 3 is 2.67 bits per heavy atom. The number of esters is 1. The molecule has 0 aliphatic carbocycles. The third-order valence-corrected chi connectivity index (χ3v) is 7.44. The van der Waals surface area contributed by atoms with E-state index < -0.39 is 0 Å². The summed E-state index contributed by atoms with van der Waals surface area (Å²) in [6, 6.07) is 15.2. The van der Waals surface area contributed by atoms with Gasteiger partial charge in [-0.2, -0.15) is 0 Å². The molecule has 1 aromatic heterocycles. The number of hydrogen-bond donors (Lipinski definition) is 0. The summed E-state index contributed by atoms with van der Waals surface area (Å²) < 4.78 is 16.2. The molecule has 1 atom stereocenters. The zero-order chi connectivity index (χ0) is 25.1. The van der Waals surface area contributed by atoms with Gasteiger partial charge in [-0.1, -0.05) is 24.3 Å². The van der Waals surface area contributed by atoms with Gasteiger partial charge in [-0.05, 0) is 72.7 Å². The third kappa shape index (κ3) is 5.09. The zero-order valence-corrected chi connectivity index (χ0v) is 21.4. The van der Waals surface area contributed by atoms with Gasteiger partial charge in [0.15, 0.2) is 0 Å². The number of hydrogen-bond acceptors (Lipinski definition) is 6. The fourth-order valence-corrected chi connectivity index (χ4v) is 5.33. The van der Waals surface area contributed by atoms with E-state index in [-0.39, 0.29) is 11.9 Å². The minimum atomic E-state index is -0.197. The highest BCUT2D eigenvalue weighted by atomic mass is 16.5. The van der Waals surface area contributed by atoms with Crippen LogP contribution in [0.5, 0.6) is 5.75 Å². The van der Waals surface area contributed by atoms with Crippen molar-refractivity contribution in [3.8, 4) is 16.9 Å². The number of aromatic nitrogens is 1. The second-order valence-corrected chi connectivity index (χ2v) is 9.71. The average molecular weight is 487 g/mol. The number of nitrogens with zero attached hydrogens (tertiary/aromatic N) is 2. The van der Waals surface area contributed by atoms with Crippen molar-refractivity contribution >= 4 is 11.8 Å². The van der Waals surface area contributed by atoms with Crippen LogP contribution in [0.2, 0.25) is 0 Å². The summed E-state index contributed by atoms with van der Waals surface area (Å²) in [5, 5.41) is 0. The first kappa shape index (κ1) is 24.3. The van der Waals surface area contributed by atoms with Gasteiger partial charge >= 0.3 is 5.97 Å². The van der Waals surface area contributed by atoms with Crippen molar-refractivity contribution in [2.24, 2.45) is 0 Å². The molecule has 0 bridgehead atoms. The molecular weight excluding hydrogens is 452 g/mol. The van der Waals surface area contributed by atoms with Gasteiger partial charge in [-0.25, -0.2) is 4.98 Å². The van der Waals surface area contributed by atoms with Crippen LogP contribution in [0.1, 0.15) is 40.2 Å². The van der Waals surface area contributed by atoms with Gasteiger partial charge < -0.3 is 19.1 Å². The van der Waals surface area contributed by atoms with Gasteiger partial charge in [0.2, 0.25) is 0 Å². The first-order valence-corrected chi connectivity index (χ1v) is 12.7. The van der Waals surface area contributed by atoms with Crippen molar-refractivity contribution in [2.75, 3.05) is 44.9 Å². The largest absolute Gasteiger partial charge is 0.493 e. The van der Waals surface area contributed by atoms with E-state index >= 15 is 0 Å². The van der Waals surface area contributed by atoms with Crippen LogP contribution in [0.3, 0.4) is 0 Å². The number of anilines is 1. The van der Waals surface area contributed by atoms with Crippen LogP contribution in [0.4, 0.5) is 5.82 Å². The van der Waals surface area contributed by atoms with Crippen LogP contribution in [-0.2, 0) is 27.1 Å². The Balaban J connectivity index is 1.30. The standard InChI is InChI=1S/C30H34N2O4/c1-20-4-7-23(8-5-22-6-10-26-25(17-29(33)34-3)19-36-27(26)16-22)21(2)30(20)24-9-11-28(31-18-24)32-12-14-35-15-13-32/h4,6-7,9-11,16,18,25H,5,8,12-15,17,19H2,1-3H3/t25-/m1/s1. The van der Waals surface area contributed by atoms with Crippen LogP contribution in [0, 0.1) is 13.8 Å². The molecule has 3 aromatic rings. The van der Waals surface area contributed by atoms with Crippen LogP contribution in [0.15, 0.2) is 48.7 Å². The number of pyridine rings is 1. The highest BCUT2D eigenvalue weighted by Crippen LogP contribution is 2.37. The van der Waals surface area contributed by atoms with E-state index in [0.29, 0.717) is 13.0 Å². The number of fused-ring (bicyclic) bond motifs is 1. The fraction of sp³-hybridized carbons (Fsp3) is 0.400. The molecule has 2 aromatic carbocycles. The quantitative estimate of drug-likeness (QED) is 0.437. The van der Waals surface area contributed by atoms with E-state index in [0.717, 1.165) is 61.8 Å². The van der Waals surface area contributed by atoms with E-state index in [2.05, 4.69) is 61.2 Å². The smallest absolute Gasteiger partial charge is 0.306 e. The zero-order valence-electron chi connectivity index (χ0n) is 21.4. The monoisotopic (exact) mass is 486 g/mol. The first-order chi connectivity index (χ1) is 17.5. The summed E-state index contributed by atoms with van der Waals surface area (Å²) >= 11 is 0. The molecule has 0 unspecified atom stereocenters. The van der Waals surface area contributed by atoms with Crippen LogP contribution in [0.25, 0.3) is 11.1 Å². The predicted octanol–water partition coefficient (Wildman–Crippen LogP) is 5.03. The lowest BCUT2D eigenvalue weighted by Gasteiger charge is -2.27. The number of benzene rings is 2. The van der Waals surface area contributed by atoms with Crippen LogP contribution < -0.4 is 9.64 Å². The Morgan fingerprint density at radius 2 is 1.92 bits per heavy atom. The van der Waals surface area contributed by atoms with Crippen molar-refractivity contribution in [3.05, 3.63) is 76.5 Å². The molecule has 0 saturated carbocycles. The summed E-state index contributed by atoms with van der Waals surface area (Å²) in [5.74, 6) is 1.79. The number of morpholine rings is 1. The molecule has 36 heavy (non-hydrogen) atoms. The number of carbonyl (C=O) groups excluding carboxylic acids is 1. The number of rotatable bonds is 7. The molecule has 3 heterocycles. The van der Waals surface area contributed by atoms with Gasteiger partial charge in [0.25, 0.3) is 0 Å². The van der Waals surface area contributed by atoms with E-state index in [9.17, 15) is 4.79 Å². The van der Waals surface area contributed by atoms with Crippen molar-refractivity contribution in [1.29, 1.82) is 0 Å². The predicted molar refractivity (Wildman–Crippen MR) is 141 cm³/mol. The molecule has 0 spiro atoms. The van der Waals surface area contributed by atoms with Crippen molar-refractivity contribution < 1.29 is 19.0 Å². The average Bonchev–Trinajstić information content (AvgIpc) is 3.31. The summed E-state index contributed by atoms with van der Waals surface area (Å²) in [4.78, 5) is 18.7. The molecule has 0 N–H and O–H groups in total. The highest BCUT2D eigenvalue weighted by Gasteiger charge is 2.27. The van der Waals surface area contributed by atoms with E-state index in [1.165, 1.54) is 34.9 Å². The topological polar surface area (TPSA) is 60.9 Å². The van der Waals surface area contributed by atoms with Crippen LogP contribution in [-0.4, -0.2) is 51.0 Å². The maximum absolute atomic E-state index is 11.7. The van der Waals surface area contributed by atoms with Crippen LogP contribution >= 0.6 is 0 Å². The van der Waals surface area contributed by atoms with Gasteiger partial charge in [0, 0.05) is 36.3 Å². The lowest BCUT2D eigenvalue weighted by molar-refractivity contribution is -0.141. The lowest BCUT2D eigenvalue weighted by Crippen LogP contribution is -2.36. The lowest BCUT2D eigenvalue weighted by atomic mass is 9.90. The molecule has 1 saturated heterocycles. The Labute approximate surface area is 213 Å². The van der Waals surface area contributed by atoms with E-state index in [1.54, 1.807) is 0 Å². The molecular formula is C30H34N2O4. The molecule has 2 aliphatic heterocycles. The Morgan fingerprint density at radius 1 is 1.08 bits per heavy atom. The fourth-order valence-electron chi connectivity index (χ4n) is 5.33. The third-order valence-electron chi connectivity index (χ3n) is 7.44. The van der Waals surface area contributed by atoms with Gasteiger partial charge in [-0.3, -0.25) is 4.79 Å². The Hall–Kier alpha value is -3.38. The second-order valence-electron chi connectivity index (χ2n) is 9.71. The minimum absolute atomic E-state index is 0.0756. The SMILES string of the molecule is COC(=O)C[C@@H]1COc2cc(CCc3ccc(C)c(-c4ccc(N5CCOCC5)nc4)c3C)ccc21. The minimum Gasteiger partial charge on any atom is -0.493 e. The summed E-state index contributed by atoms with van der Waals surface area (Å²) in [6.45, 7) is 8.22. The summed E-state index contributed by atoms with van der Waals surface area (Å²) in [7, 11) is 1.43. The first-order valence-electron chi connectivity index (χ1n) is 12.7. The Kier molecular flexibility index (Phi) is 7.23. The van der Waals surface area contributed by atoms with E-state index in [1.807, 2.05) is 6.20 Å². The Bertz CT molecular complexity index is 1230. The number of ether oxygens (including phenoxy) is 3. The molecule has 0 radical (unpaired) electrons. The van der Waals surface area contributed by atoms with E-state index in [4.69, 9.17) is 19.2 Å². The summed E-state index contributed by atoms with van der Waals surface area (Å²) in [6.07, 6.45) is 4.24. The second kappa shape index (κ2) is 10.7. The molecule has 188 valence electrons.